The number of carbonyl (C=O) groups is 1. The molecular formula is C17H18N2O3. The second-order valence-electron chi connectivity index (χ2n) is 5.02. The van der Waals surface area contributed by atoms with Crippen molar-refractivity contribution >= 4 is 5.91 Å². The molecule has 1 aromatic heterocycles. The lowest BCUT2D eigenvalue weighted by molar-refractivity contribution is 0.0299. The van der Waals surface area contributed by atoms with Gasteiger partial charge in [0.25, 0.3) is 5.91 Å². The number of carbonyl (C=O) groups excluding carboxylic acids is 1. The van der Waals surface area contributed by atoms with Gasteiger partial charge in [-0.15, -0.1) is 0 Å². The Morgan fingerprint density at radius 2 is 1.86 bits per heavy atom. The monoisotopic (exact) mass is 298 g/mol. The van der Waals surface area contributed by atoms with Crippen molar-refractivity contribution in [1.82, 2.24) is 9.88 Å². The summed E-state index contributed by atoms with van der Waals surface area (Å²) in [4.78, 5) is 18.9. The van der Waals surface area contributed by atoms with Crippen LogP contribution in [0.25, 0.3) is 11.3 Å². The predicted molar refractivity (Wildman–Crippen MR) is 82.9 cm³/mol. The number of morpholine rings is 1. The number of nitrogens with zero attached hydrogens (tertiary/aromatic N) is 2. The summed E-state index contributed by atoms with van der Waals surface area (Å²) < 4.78 is 10.7. The normalized spacial score (nSPS) is 14.7. The molecule has 0 atom stereocenters. The van der Waals surface area contributed by atoms with Gasteiger partial charge < -0.3 is 14.4 Å². The van der Waals surface area contributed by atoms with Gasteiger partial charge in [-0.2, -0.15) is 0 Å². The summed E-state index contributed by atoms with van der Waals surface area (Å²) >= 11 is 0. The summed E-state index contributed by atoms with van der Waals surface area (Å²) in [5.74, 6) is 0.591. The highest BCUT2D eigenvalue weighted by Crippen LogP contribution is 2.28. The van der Waals surface area contributed by atoms with E-state index in [0.717, 1.165) is 5.56 Å². The molecule has 0 spiro atoms. The van der Waals surface area contributed by atoms with Crippen LogP contribution in [0.4, 0.5) is 0 Å². The van der Waals surface area contributed by atoms with E-state index in [-0.39, 0.29) is 5.91 Å². The van der Waals surface area contributed by atoms with E-state index < -0.39 is 0 Å². The van der Waals surface area contributed by atoms with Crippen molar-refractivity contribution in [3.05, 3.63) is 48.2 Å². The highest BCUT2D eigenvalue weighted by atomic mass is 16.5. The van der Waals surface area contributed by atoms with Crippen LogP contribution in [0.3, 0.4) is 0 Å². The average molecular weight is 298 g/mol. The Bertz CT molecular complexity index is 652. The fourth-order valence-corrected chi connectivity index (χ4v) is 2.46. The second-order valence-corrected chi connectivity index (χ2v) is 5.02. The van der Waals surface area contributed by atoms with Crippen molar-refractivity contribution in [2.75, 3.05) is 33.4 Å². The summed E-state index contributed by atoms with van der Waals surface area (Å²) in [5, 5.41) is 0. The van der Waals surface area contributed by atoms with Gasteiger partial charge in [0.05, 0.1) is 20.3 Å². The molecule has 1 saturated heterocycles. The van der Waals surface area contributed by atoms with Crippen molar-refractivity contribution in [1.29, 1.82) is 0 Å². The summed E-state index contributed by atoms with van der Waals surface area (Å²) in [6, 6.07) is 13.2. The molecule has 0 bridgehead atoms. The molecule has 3 rings (SSSR count). The van der Waals surface area contributed by atoms with Crippen LogP contribution in [0.5, 0.6) is 5.75 Å². The molecule has 0 N–H and O–H groups in total. The van der Waals surface area contributed by atoms with Crippen molar-refractivity contribution in [3.8, 4) is 17.0 Å². The van der Waals surface area contributed by atoms with Gasteiger partial charge in [0.2, 0.25) is 0 Å². The second kappa shape index (κ2) is 6.58. The standard InChI is InChI=1S/C17H18N2O3/c1-21-15-8-7-14(17(20)19-9-11-22-12-10-19)18-16(15)13-5-3-2-4-6-13/h2-8H,9-12H2,1H3. The molecule has 0 saturated carbocycles. The van der Waals surface area contributed by atoms with Gasteiger partial charge in [0.15, 0.2) is 0 Å². The fourth-order valence-electron chi connectivity index (χ4n) is 2.46. The topological polar surface area (TPSA) is 51.7 Å². The zero-order valence-electron chi connectivity index (χ0n) is 12.5. The zero-order valence-corrected chi connectivity index (χ0v) is 12.5. The maximum atomic E-state index is 12.5. The molecular weight excluding hydrogens is 280 g/mol. The van der Waals surface area contributed by atoms with E-state index in [0.29, 0.717) is 43.4 Å². The molecule has 1 aliphatic heterocycles. The Morgan fingerprint density at radius 3 is 2.55 bits per heavy atom. The SMILES string of the molecule is COc1ccc(C(=O)N2CCOCC2)nc1-c1ccccc1. The van der Waals surface area contributed by atoms with Crippen molar-refractivity contribution in [2.24, 2.45) is 0 Å². The summed E-state index contributed by atoms with van der Waals surface area (Å²) in [6.45, 7) is 2.36. The van der Waals surface area contributed by atoms with E-state index >= 15 is 0 Å². The number of rotatable bonds is 3. The molecule has 114 valence electrons. The van der Waals surface area contributed by atoms with Gasteiger partial charge in [-0.25, -0.2) is 4.98 Å². The minimum atomic E-state index is -0.0665. The van der Waals surface area contributed by atoms with Crippen LogP contribution in [0, 0.1) is 0 Å². The van der Waals surface area contributed by atoms with E-state index in [9.17, 15) is 4.79 Å². The molecule has 2 aromatic rings. The highest BCUT2D eigenvalue weighted by Gasteiger charge is 2.21. The Kier molecular flexibility index (Phi) is 4.34. The quantitative estimate of drug-likeness (QED) is 0.872. The minimum absolute atomic E-state index is 0.0665. The number of amides is 1. The molecule has 2 heterocycles. The van der Waals surface area contributed by atoms with Crippen molar-refractivity contribution in [3.63, 3.8) is 0 Å². The van der Waals surface area contributed by atoms with Gasteiger partial charge in [-0.05, 0) is 12.1 Å². The molecule has 22 heavy (non-hydrogen) atoms. The Hall–Kier alpha value is -2.40. The molecule has 5 heteroatoms. The maximum Gasteiger partial charge on any atom is 0.272 e. The Balaban J connectivity index is 1.95. The van der Waals surface area contributed by atoms with Gasteiger partial charge in [0, 0.05) is 18.7 Å². The molecule has 0 aliphatic carbocycles. The van der Waals surface area contributed by atoms with Crippen LogP contribution in [0.1, 0.15) is 10.5 Å². The number of hydrogen-bond acceptors (Lipinski definition) is 4. The number of methoxy groups -OCH3 is 1. The van der Waals surface area contributed by atoms with Gasteiger partial charge >= 0.3 is 0 Å². The lowest BCUT2D eigenvalue weighted by Gasteiger charge is -2.26. The Morgan fingerprint density at radius 1 is 1.14 bits per heavy atom. The third-order valence-corrected chi connectivity index (χ3v) is 3.64. The number of pyridine rings is 1. The average Bonchev–Trinajstić information content (AvgIpc) is 2.62. The molecule has 0 radical (unpaired) electrons. The fraction of sp³-hybridized carbons (Fsp3) is 0.294. The van der Waals surface area contributed by atoms with Crippen LogP contribution in [0.15, 0.2) is 42.5 Å². The molecule has 1 fully saturated rings. The molecule has 0 unspecified atom stereocenters. The third kappa shape index (κ3) is 2.94. The van der Waals surface area contributed by atoms with Crippen LogP contribution >= 0.6 is 0 Å². The van der Waals surface area contributed by atoms with E-state index in [2.05, 4.69) is 4.98 Å². The van der Waals surface area contributed by atoms with Gasteiger partial charge in [-0.1, -0.05) is 30.3 Å². The summed E-state index contributed by atoms with van der Waals surface area (Å²) in [5.41, 5.74) is 2.04. The van der Waals surface area contributed by atoms with Gasteiger partial charge in [0.1, 0.15) is 17.1 Å². The zero-order chi connectivity index (χ0) is 15.4. The van der Waals surface area contributed by atoms with Crippen LogP contribution in [-0.2, 0) is 4.74 Å². The predicted octanol–water partition coefficient (Wildman–Crippen LogP) is 2.23. The van der Waals surface area contributed by atoms with E-state index in [1.165, 1.54) is 0 Å². The minimum Gasteiger partial charge on any atom is -0.494 e. The van der Waals surface area contributed by atoms with E-state index in [4.69, 9.17) is 9.47 Å². The summed E-state index contributed by atoms with van der Waals surface area (Å²) in [6.07, 6.45) is 0. The largest absolute Gasteiger partial charge is 0.494 e. The first-order valence-corrected chi connectivity index (χ1v) is 7.27. The maximum absolute atomic E-state index is 12.5. The van der Waals surface area contributed by atoms with Crippen molar-refractivity contribution < 1.29 is 14.3 Å². The Labute approximate surface area is 129 Å². The van der Waals surface area contributed by atoms with Crippen LogP contribution in [0.2, 0.25) is 0 Å². The number of hydrogen-bond donors (Lipinski definition) is 0. The number of benzene rings is 1. The first-order valence-electron chi connectivity index (χ1n) is 7.27. The first kappa shape index (κ1) is 14.5. The highest BCUT2D eigenvalue weighted by molar-refractivity contribution is 5.93. The number of ether oxygens (including phenoxy) is 2. The first-order chi connectivity index (χ1) is 10.8. The lowest BCUT2D eigenvalue weighted by Crippen LogP contribution is -2.41. The third-order valence-electron chi connectivity index (χ3n) is 3.64. The van der Waals surface area contributed by atoms with E-state index in [1.54, 1.807) is 24.1 Å². The smallest absolute Gasteiger partial charge is 0.272 e. The molecule has 1 aliphatic rings. The molecule has 1 aromatic carbocycles. The van der Waals surface area contributed by atoms with Crippen LogP contribution in [-0.4, -0.2) is 49.2 Å². The van der Waals surface area contributed by atoms with E-state index in [1.807, 2.05) is 30.3 Å². The van der Waals surface area contributed by atoms with Crippen molar-refractivity contribution in [2.45, 2.75) is 0 Å². The number of aromatic nitrogens is 1. The molecule has 5 nitrogen and oxygen atoms in total. The van der Waals surface area contributed by atoms with Gasteiger partial charge in [-0.3, -0.25) is 4.79 Å². The lowest BCUT2D eigenvalue weighted by atomic mass is 10.1. The van der Waals surface area contributed by atoms with Crippen LogP contribution < -0.4 is 4.74 Å². The summed E-state index contributed by atoms with van der Waals surface area (Å²) in [7, 11) is 1.60. The molecule has 1 amide bonds.